The van der Waals surface area contributed by atoms with Gasteiger partial charge in [0.15, 0.2) is 0 Å². The number of ether oxygens (including phenoxy) is 1. The number of hydrogen-bond donors (Lipinski definition) is 1. The average molecular weight is 362 g/mol. The maximum Gasteiger partial charge on any atom is 0.407 e. The largest absolute Gasteiger partial charge is 0.445 e. The quantitative estimate of drug-likeness (QED) is 0.841. The summed E-state index contributed by atoms with van der Waals surface area (Å²) >= 11 is 3.43. The van der Waals surface area contributed by atoms with Crippen molar-refractivity contribution in [1.29, 1.82) is 0 Å². The first-order valence-electron chi connectivity index (χ1n) is 7.18. The molecule has 3 nitrogen and oxygen atoms in total. The molecular weight excluding hydrogens is 342 g/mol. The van der Waals surface area contributed by atoms with Crippen LogP contribution in [0, 0.1) is 0 Å². The molecule has 0 saturated heterocycles. The standard InChI is InChI=1S/C18H20BrNO2/c1-18(2,15-8-10-16(19)11-9-15)13-20-17(21)22-12-14-6-4-3-5-7-14/h3-11H,12-13H2,1-2H3,(H,20,21). The molecule has 2 aromatic rings. The highest BCUT2D eigenvalue weighted by Crippen LogP contribution is 2.24. The molecule has 0 bridgehead atoms. The molecule has 0 atom stereocenters. The van der Waals surface area contributed by atoms with Crippen molar-refractivity contribution in [2.24, 2.45) is 0 Å². The number of halogens is 1. The third-order valence-corrected chi connectivity index (χ3v) is 4.04. The fraction of sp³-hybridized carbons (Fsp3) is 0.278. The molecule has 0 spiro atoms. The summed E-state index contributed by atoms with van der Waals surface area (Å²) in [5.74, 6) is 0. The van der Waals surface area contributed by atoms with Crippen LogP contribution >= 0.6 is 15.9 Å². The molecule has 0 aromatic heterocycles. The van der Waals surface area contributed by atoms with Crippen molar-refractivity contribution in [3.63, 3.8) is 0 Å². The monoisotopic (exact) mass is 361 g/mol. The maximum atomic E-state index is 11.8. The topological polar surface area (TPSA) is 38.3 Å². The summed E-state index contributed by atoms with van der Waals surface area (Å²) in [5.41, 5.74) is 1.98. The van der Waals surface area contributed by atoms with Gasteiger partial charge in [-0.2, -0.15) is 0 Å². The fourth-order valence-corrected chi connectivity index (χ4v) is 2.33. The Labute approximate surface area is 139 Å². The van der Waals surface area contributed by atoms with E-state index in [2.05, 4.69) is 47.2 Å². The van der Waals surface area contributed by atoms with Crippen molar-refractivity contribution in [2.45, 2.75) is 25.9 Å². The molecular formula is C18H20BrNO2. The summed E-state index contributed by atoms with van der Waals surface area (Å²) in [5, 5.41) is 2.83. The minimum absolute atomic E-state index is 0.160. The van der Waals surface area contributed by atoms with Crippen molar-refractivity contribution >= 4 is 22.0 Å². The number of carbonyl (C=O) groups is 1. The first kappa shape index (κ1) is 16.6. The average Bonchev–Trinajstić information content (AvgIpc) is 2.52. The van der Waals surface area contributed by atoms with E-state index < -0.39 is 6.09 Å². The zero-order valence-corrected chi connectivity index (χ0v) is 14.4. The van der Waals surface area contributed by atoms with Gasteiger partial charge in [-0.3, -0.25) is 0 Å². The summed E-state index contributed by atoms with van der Waals surface area (Å²) in [7, 11) is 0. The summed E-state index contributed by atoms with van der Waals surface area (Å²) in [6.45, 7) is 4.98. The molecule has 116 valence electrons. The molecule has 0 aliphatic heterocycles. The number of hydrogen-bond acceptors (Lipinski definition) is 2. The van der Waals surface area contributed by atoms with E-state index in [1.54, 1.807) is 0 Å². The third kappa shape index (κ3) is 4.88. The molecule has 1 N–H and O–H groups in total. The lowest BCUT2D eigenvalue weighted by atomic mass is 9.85. The number of rotatable bonds is 5. The van der Waals surface area contributed by atoms with Crippen molar-refractivity contribution in [2.75, 3.05) is 6.54 Å². The molecule has 4 heteroatoms. The maximum absolute atomic E-state index is 11.8. The van der Waals surface area contributed by atoms with Crippen LogP contribution in [0.5, 0.6) is 0 Å². The van der Waals surface area contributed by atoms with Crippen LogP contribution in [0.25, 0.3) is 0 Å². The molecule has 0 radical (unpaired) electrons. The molecule has 0 fully saturated rings. The second-order valence-electron chi connectivity index (χ2n) is 5.81. The Balaban J connectivity index is 1.83. The lowest BCUT2D eigenvalue weighted by molar-refractivity contribution is 0.137. The van der Waals surface area contributed by atoms with Crippen LogP contribution in [-0.4, -0.2) is 12.6 Å². The van der Waals surface area contributed by atoms with E-state index in [4.69, 9.17) is 4.74 Å². The van der Waals surface area contributed by atoms with E-state index in [9.17, 15) is 4.79 Å². The first-order valence-corrected chi connectivity index (χ1v) is 7.97. The number of alkyl carbamates (subject to hydrolysis) is 1. The van der Waals surface area contributed by atoms with E-state index in [0.717, 1.165) is 10.0 Å². The second kappa shape index (κ2) is 7.45. The Morgan fingerprint density at radius 3 is 2.36 bits per heavy atom. The molecule has 0 aliphatic carbocycles. The van der Waals surface area contributed by atoms with Crippen LogP contribution in [0.2, 0.25) is 0 Å². The van der Waals surface area contributed by atoms with E-state index in [-0.39, 0.29) is 12.0 Å². The van der Waals surface area contributed by atoms with E-state index >= 15 is 0 Å². The molecule has 0 aliphatic rings. The predicted molar refractivity (Wildman–Crippen MR) is 91.8 cm³/mol. The number of carbonyl (C=O) groups excluding carboxylic acids is 1. The SMILES string of the molecule is CC(C)(CNC(=O)OCc1ccccc1)c1ccc(Br)cc1. The van der Waals surface area contributed by atoms with Crippen molar-refractivity contribution in [1.82, 2.24) is 5.32 Å². The van der Waals surface area contributed by atoms with Gasteiger partial charge >= 0.3 is 6.09 Å². The molecule has 2 rings (SSSR count). The minimum Gasteiger partial charge on any atom is -0.445 e. The smallest absolute Gasteiger partial charge is 0.407 e. The summed E-state index contributed by atoms with van der Waals surface area (Å²) in [6.07, 6.45) is -0.394. The van der Waals surface area contributed by atoms with Gasteiger partial charge in [-0.05, 0) is 23.3 Å². The molecule has 22 heavy (non-hydrogen) atoms. The molecule has 1 amide bonds. The lowest BCUT2D eigenvalue weighted by Gasteiger charge is -2.25. The van der Waals surface area contributed by atoms with Gasteiger partial charge in [0.25, 0.3) is 0 Å². The Kier molecular flexibility index (Phi) is 5.61. The van der Waals surface area contributed by atoms with Gasteiger partial charge in [-0.15, -0.1) is 0 Å². The Morgan fingerprint density at radius 1 is 1.09 bits per heavy atom. The van der Waals surface area contributed by atoms with Crippen molar-refractivity contribution in [3.8, 4) is 0 Å². The van der Waals surface area contributed by atoms with Crippen LogP contribution < -0.4 is 5.32 Å². The number of benzene rings is 2. The van der Waals surface area contributed by atoms with Gasteiger partial charge in [0.2, 0.25) is 0 Å². The second-order valence-corrected chi connectivity index (χ2v) is 6.72. The third-order valence-electron chi connectivity index (χ3n) is 3.51. The number of amides is 1. The van der Waals surface area contributed by atoms with Gasteiger partial charge in [0.05, 0.1) is 0 Å². The predicted octanol–water partition coefficient (Wildman–Crippen LogP) is 4.65. The first-order chi connectivity index (χ1) is 10.5. The zero-order chi connectivity index (χ0) is 16.0. The van der Waals surface area contributed by atoms with Crippen LogP contribution in [0.4, 0.5) is 4.79 Å². The van der Waals surface area contributed by atoms with Gasteiger partial charge in [0.1, 0.15) is 6.61 Å². The van der Waals surface area contributed by atoms with Gasteiger partial charge in [-0.1, -0.05) is 72.2 Å². The summed E-state index contributed by atoms with van der Waals surface area (Å²) in [6, 6.07) is 17.8. The highest BCUT2D eigenvalue weighted by molar-refractivity contribution is 9.10. The molecule has 0 heterocycles. The highest BCUT2D eigenvalue weighted by Gasteiger charge is 2.21. The van der Waals surface area contributed by atoms with E-state index in [0.29, 0.717) is 6.54 Å². The van der Waals surface area contributed by atoms with Crippen LogP contribution in [0.1, 0.15) is 25.0 Å². The van der Waals surface area contributed by atoms with E-state index in [1.807, 2.05) is 42.5 Å². The Bertz CT molecular complexity index is 609. The van der Waals surface area contributed by atoms with Gasteiger partial charge in [0, 0.05) is 16.4 Å². The molecule has 0 unspecified atom stereocenters. The number of nitrogens with one attached hydrogen (secondary N) is 1. The Hall–Kier alpha value is -1.81. The summed E-state index contributed by atoms with van der Waals surface area (Å²) in [4.78, 5) is 11.8. The molecule has 0 saturated carbocycles. The van der Waals surface area contributed by atoms with Crippen LogP contribution in [-0.2, 0) is 16.8 Å². The lowest BCUT2D eigenvalue weighted by Crippen LogP contribution is -2.36. The minimum atomic E-state index is -0.394. The normalized spacial score (nSPS) is 11.0. The van der Waals surface area contributed by atoms with Gasteiger partial charge < -0.3 is 10.1 Å². The summed E-state index contributed by atoms with van der Waals surface area (Å²) < 4.78 is 6.26. The van der Waals surface area contributed by atoms with Gasteiger partial charge in [-0.25, -0.2) is 4.79 Å². The van der Waals surface area contributed by atoms with Crippen molar-refractivity contribution in [3.05, 3.63) is 70.2 Å². The van der Waals surface area contributed by atoms with Crippen LogP contribution in [0.15, 0.2) is 59.1 Å². The van der Waals surface area contributed by atoms with Crippen molar-refractivity contribution < 1.29 is 9.53 Å². The highest BCUT2D eigenvalue weighted by atomic mass is 79.9. The zero-order valence-electron chi connectivity index (χ0n) is 12.8. The molecule has 2 aromatic carbocycles. The Morgan fingerprint density at radius 2 is 1.73 bits per heavy atom. The van der Waals surface area contributed by atoms with E-state index in [1.165, 1.54) is 5.56 Å². The fourth-order valence-electron chi connectivity index (χ4n) is 2.07. The van der Waals surface area contributed by atoms with Crippen LogP contribution in [0.3, 0.4) is 0 Å².